The van der Waals surface area contributed by atoms with Gasteiger partial charge >= 0.3 is 5.97 Å². The van der Waals surface area contributed by atoms with E-state index in [1.165, 1.54) is 24.3 Å². The number of nitro groups is 1. The van der Waals surface area contributed by atoms with Crippen LogP contribution in [0, 0.1) is 22.0 Å². The molecule has 0 aliphatic heterocycles. The van der Waals surface area contributed by atoms with Crippen LogP contribution in [0.15, 0.2) is 66.7 Å². The zero-order valence-corrected chi connectivity index (χ0v) is 24.9. The van der Waals surface area contributed by atoms with E-state index in [0.29, 0.717) is 26.2 Å². The molecule has 0 bridgehead atoms. The summed E-state index contributed by atoms with van der Waals surface area (Å²) in [4.78, 5) is 23.5. The molecule has 0 heterocycles. The molecule has 0 spiro atoms. The van der Waals surface area contributed by atoms with Gasteiger partial charge in [0, 0.05) is 37.0 Å². The van der Waals surface area contributed by atoms with Crippen LogP contribution >= 0.6 is 0 Å². The zero-order valence-electron chi connectivity index (χ0n) is 23.9. The Balaban J connectivity index is 2.09. The summed E-state index contributed by atoms with van der Waals surface area (Å²) < 4.78 is 18.3. The summed E-state index contributed by atoms with van der Waals surface area (Å²) in [6, 6.07) is 15.4. The minimum Gasteiger partial charge on any atom is -0.458 e. The van der Waals surface area contributed by atoms with Crippen molar-refractivity contribution < 1.29 is 23.6 Å². The fourth-order valence-electron chi connectivity index (χ4n) is 3.45. The number of ether oxygens (including phenoxy) is 2. The Kier molecular flexibility index (Phi) is 11.4. The third-order valence-corrected chi connectivity index (χ3v) is 11.9. The molecule has 0 aromatic heterocycles. The highest BCUT2D eigenvalue weighted by Crippen LogP contribution is 2.37. The molecule has 208 valence electrons. The molecule has 0 radical (unpaired) electrons. The molecule has 3 atom stereocenters. The van der Waals surface area contributed by atoms with Gasteiger partial charge in [0.15, 0.2) is 8.32 Å². The summed E-state index contributed by atoms with van der Waals surface area (Å²) in [5, 5.41) is 11.0. The first-order valence-corrected chi connectivity index (χ1v) is 16.0. The second-order valence-electron chi connectivity index (χ2n) is 11.6. The first-order valence-electron chi connectivity index (χ1n) is 13.1. The first-order chi connectivity index (χ1) is 17.7. The molecule has 0 saturated heterocycles. The molecule has 0 amide bonds. The van der Waals surface area contributed by atoms with Crippen LogP contribution in [0.5, 0.6) is 0 Å². The van der Waals surface area contributed by atoms with Crippen molar-refractivity contribution in [3.8, 4) is 0 Å². The molecular weight excluding hydrogens is 498 g/mol. The van der Waals surface area contributed by atoms with Crippen molar-refractivity contribution in [1.82, 2.24) is 0 Å². The minimum atomic E-state index is -1.99. The second kappa shape index (κ2) is 13.8. The van der Waals surface area contributed by atoms with E-state index in [4.69, 9.17) is 13.9 Å². The minimum absolute atomic E-state index is 0.0614. The number of hydrogen-bond acceptors (Lipinski definition) is 6. The largest absolute Gasteiger partial charge is 0.458 e. The lowest BCUT2D eigenvalue weighted by atomic mass is 9.92. The maximum absolute atomic E-state index is 13.0. The van der Waals surface area contributed by atoms with Crippen molar-refractivity contribution in [1.29, 1.82) is 0 Å². The molecule has 0 fully saturated rings. The lowest BCUT2D eigenvalue weighted by molar-refractivity contribution is -0.384. The number of carbonyl (C=O) groups excluding carboxylic acids is 1. The van der Waals surface area contributed by atoms with Crippen molar-refractivity contribution in [3.63, 3.8) is 0 Å². The highest BCUT2D eigenvalue weighted by molar-refractivity contribution is 6.74. The van der Waals surface area contributed by atoms with Gasteiger partial charge in [-0.3, -0.25) is 10.1 Å². The Morgan fingerprint density at radius 3 is 2.18 bits per heavy atom. The van der Waals surface area contributed by atoms with Crippen LogP contribution in [0.25, 0.3) is 0 Å². The molecule has 2 aromatic rings. The Bertz CT molecular complexity index is 1060. The SMILES string of the molecule is C=C(C[C@@H](OC(=O)c1ccc([N+](=O)[O-])cc1)[C@@H](C)CO[Si](C)(C)C(C)(C)C)[C@H](C)COCc1ccccc1. The number of benzene rings is 2. The van der Waals surface area contributed by atoms with Crippen LogP contribution in [-0.2, 0) is 20.5 Å². The summed E-state index contributed by atoms with van der Waals surface area (Å²) in [6.45, 7) is 20.8. The Morgan fingerprint density at radius 2 is 1.63 bits per heavy atom. The second-order valence-corrected chi connectivity index (χ2v) is 16.4. The van der Waals surface area contributed by atoms with Gasteiger partial charge in [0.2, 0.25) is 0 Å². The molecule has 0 aliphatic carbocycles. The standard InChI is InChI=1S/C30H43NO6Si/c1-22(23(2)19-35-21-25-12-10-9-11-13-25)18-28(24(3)20-36-38(7,8)30(4,5)6)37-29(32)26-14-16-27(17-15-26)31(33)34/h9-17,23-24,28H,1,18-21H2,2-8H3/t23-,24+,28-/m1/s1. The van der Waals surface area contributed by atoms with Crippen molar-refractivity contribution in [3.05, 3.63) is 88.0 Å². The number of nitro benzene ring substituents is 1. The van der Waals surface area contributed by atoms with E-state index in [0.717, 1.165) is 11.1 Å². The number of nitrogens with zero attached hydrogens (tertiary/aromatic N) is 1. The van der Waals surface area contributed by atoms with Crippen LogP contribution in [0.4, 0.5) is 5.69 Å². The fourth-order valence-corrected chi connectivity index (χ4v) is 4.57. The summed E-state index contributed by atoms with van der Waals surface area (Å²) in [5.74, 6) is -0.544. The summed E-state index contributed by atoms with van der Waals surface area (Å²) in [6.07, 6.45) is 0.00269. The van der Waals surface area contributed by atoms with Crippen LogP contribution in [0.3, 0.4) is 0 Å². The predicted octanol–water partition coefficient (Wildman–Crippen LogP) is 7.58. The van der Waals surface area contributed by atoms with E-state index < -0.39 is 25.3 Å². The molecular formula is C30H43NO6Si. The van der Waals surface area contributed by atoms with E-state index in [1.807, 2.05) is 37.3 Å². The number of esters is 1. The summed E-state index contributed by atoms with van der Waals surface area (Å²) in [7, 11) is -1.99. The van der Waals surface area contributed by atoms with E-state index in [9.17, 15) is 14.9 Å². The molecule has 2 aromatic carbocycles. The topological polar surface area (TPSA) is 87.9 Å². The van der Waals surface area contributed by atoms with Gasteiger partial charge in [-0.15, -0.1) is 0 Å². The molecule has 0 N–H and O–H groups in total. The van der Waals surface area contributed by atoms with E-state index >= 15 is 0 Å². The zero-order chi connectivity index (χ0) is 28.5. The first kappa shape index (κ1) is 31.4. The van der Waals surface area contributed by atoms with Crippen molar-refractivity contribution >= 4 is 20.0 Å². The lowest BCUT2D eigenvalue weighted by Crippen LogP contribution is -2.43. The number of non-ortho nitro benzene ring substituents is 1. The monoisotopic (exact) mass is 541 g/mol. The highest BCUT2D eigenvalue weighted by Gasteiger charge is 2.38. The third-order valence-electron chi connectivity index (χ3n) is 7.36. The highest BCUT2D eigenvalue weighted by atomic mass is 28.4. The average Bonchev–Trinajstić information content (AvgIpc) is 2.86. The van der Waals surface area contributed by atoms with Crippen LogP contribution in [0.1, 0.15) is 57.0 Å². The van der Waals surface area contributed by atoms with E-state index in [2.05, 4.69) is 47.4 Å². The molecule has 38 heavy (non-hydrogen) atoms. The van der Waals surface area contributed by atoms with Gasteiger partial charge in [0.1, 0.15) is 6.10 Å². The van der Waals surface area contributed by atoms with E-state index in [-0.39, 0.29) is 28.1 Å². The number of rotatable bonds is 14. The number of hydrogen-bond donors (Lipinski definition) is 0. The van der Waals surface area contributed by atoms with Gasteiger partial charge in [-0.05, 0) is 35.8 Å². The van der Waals surface area contributed by atoms with Crippen LogP contribution in [-0.4, -0.2) is 38.5 Å². The van der Waals surface area contributed by atoms with Crippen molar-refractivity contribution in [2.75, 3.05) is 13.2 Å². The summed E-state index contributed by atoms with van der Waals surface area (Å²) in [5.41, 5.74) is 2.23. The van der Waals surface area contributed by atoms with Gasteiger partial charge in [0.05, 0.1) is 23.7 Å². The Hall–Kier alpha value is -2.81. The normalized spacial score (nSPS) is 14.4. The molecule has 7 nitrogen and oxygen atoms in total. The maximum atomic E-state index is 13.0. The Morgan fingerprint density at radius 1 is 1.03 bits per heavy atom. The van der Waals surface area contributed by atoms with Crippen molar-refractivity contribution in [2.45, 2.75) is 71.9 Å². The quantitative estimate of drug-likeness (QED) is 0.0805. The van der Waals surface area contributed by atoms with Gasteiger partial charge in [0.25, 0.3) is 5.69 Å². The Labute approximate surface area is 228 Å². The third kappa shape index (κ3) is 9.49. The maximum Gasteiger partial charge on any atom is 0.338 e. The summed E-state index contributed by atoms with van der Waals surface area (Å²) >= 11 is 0. The van der Waals surface area contributed by atoms with Gasteiger partial charge in [-0.25, -0.2) is 4.79 Å². The van der Waals surface area contributed by atoms with Gasteiger partial charge in [-0.1, -0.05) is 77.1 Å². The van der Waals surface area contributed by atoms with Gasteiger partial charge < -0.3 is 13.9 Å². The van der Waals surface area contributed by atoms with Crippen LogP contribution < -0.4 is 0 Å². The molecule has 8 heteroatoms. The molecule has 0 saturated carbocycles. The van der Waals surface area contributed by atoms with Crippen molar-refractivity contribution in [2.24, 2.45) is 11.8 Å². The molecule has 0 aliphatic rings. The van der Waals surface area contributed by atoms with Gasteiger partial charge in [-0.2, -0.15) is 0 Å². The average molecular weight is 542 g/mol. The fraction of sp³-hybridized carbons (Fsp3) is 0.500. The van der Waals surface area contributed by atoms with Crippen LogP contribution in [0.2, 0.25) is 18.1 Å². The number of carbonyl (C=O) groups is 1. The smallest absolute Gasteiger partial charge is 0.338 e. The predicted molar refractivity (Wildman–Crippen MR) is 154 cm³/mol. The molecule has 2 rings (SSSR count). The van der Waals surface area contributed by atoms with E-state index in [1.54, 1.807) is 0 Å². The molecule has 0 unspecified atom stereocenters. The lowest BCUT2D eigenvalue weighted by Gasteiger charge is -2.38.